The van der Waals surface area contributed by atoms with Crippen LogP contribution in [0.4, 0.5) is 5.13 Å². The third kappa shape index (κ3) is 5.80. The summed E-state index contributed by atoms with van der Waals surface area (Å²) in [5.41, 5.74) is 1.50. The molecule has 1 amide bonds. The number of anilines is 1. The van der Waals surface area contributed by atoms with E-state index in [1.807, 2.05) is 13.0 Å². The maximum Gasteiger partial charge on any atom is 0.301 e. The van der Waals surface area contributed by atoms with Crippen LogP contribution in [0.1, 0.15) is 44.4 Å². The van der Waals surface area contributed by atoms with Gasteiger partial charge in [-0.2, -0.15) is 0 Å². The first-order valence-electron chi connectivity index (χ1n) is 13.6. The molecule has 1 atom stereocenters. The van der Waals surface area contributed by atoms with E-state index in [0.717, 1.165) is 11.1 Å². The molecule has 1 N–H and O–H groups in total. The van der Waals surface area contributed by atoms with Crippen LogP contribution in [0.5, 0.6) is 17.2 Å². The van der Waals surface area contributed by atoms with Crippen LogP contribution < -0.4 is 19.1 Å². The largest absolute Gasteiger partial charge is 0.507 e. The molecule has 0 spiro atoms. The Morgan fingerprint density at radius 1 is 1.05 bits per heavy atom. The van der Waals surface area contributed by atoms with Gasteiger partial charge >= 0.3 is 5.91 Å². The van der Waals surface area contributed by atoms with Gasteiger partial charge in [-0.1, -0.05) is 42.9 Å². The van der Waals surface area contributed by atoms with Gasteiger partial charge in [-0.05, 0) is 79.4 Å². The number of amides is 1. The van der Waals surface area contributed by atoms with E-state index >= 15 is 0 Å². The number of ketones is 1. The minimum atomic E-state index is -0.980. The number of aliphatic hydroxyl groups is 1. The second kappa shape index (κ2) is 12.4. The molecule has 3 aromatic carbocycles. The van der Waals surface area contributed by atoms with Crippen LogP contribution in [0.15, 0.2) is 66.2 Å². The number of aliphatic hydroxyl groups excluding tert-OH is 1. The van der Waals surface area contributed by atoms with Crippen LogP contribution in [-0.4, -0.2) is 42.1 Å². The van der Waals surface area contributed by atoms with Gasteiger partial charge in [0.1, 0.15) is 11.5 Å². The minimum Gasteiger partial charge on any atom is -0.507 e. The highest BCUT2D eigenvalue weighted by molar-refractivity contribution is 7.22. The molecule has 8 nitrogen and oxygen atoms in total. The van der Waals surface area contributed by atoms with Crippen molar-refractivity contribution in [3.05, 3.63) is 82.4 Å². The molecular formula is C32H31ClN2O6S. The van der Waals surface area contributed by atoms with E-state index in [1.165, 1.54) is 16.2 Å². The van der Waals surface area contributed by atoms with Crippen molar-refractivity contribution in [2.24, 2.45) is 5.92 Å². The number of benzene rings is 3. The Morgan fingerprint density at radius 3 is 2.50 bits per heavy atom. The minimum absolute atomic E-state index is 0.0601. The molecule has 1 saturated heterocycles. The Labute approximate surface area is 253 Å². The first-order chi connectivity index (χ1) is 20.2. The highest BCUT2D eigenvalue weighted by atomic mass is 35.5. The maximum absolute atomic E-state index is 13.7. The fourth-order valence-electron chi connectivity index (χ4n) is 4.72. The lowest BCUT2D eigenvalue weighted by Crippen LogP contribution is -2.29. The lowest BCUT2D eigenvalue weighted by atomic mass is 9.95. The molecule has 1 aliphatic rings. The highest BCUT2D eigenvalue weighted by Gasteiger charge is 2.48. The number of thiazole rings is 1. The van der Waals surface area contributed by atoms with Crippen molar-refractivity contribution in [3.63, 3.8) is 0 Å². The Hall–Kier alpha value is -4.08. The van der Waals surface area contributed by atoms with Crippen LogP contribution in [0.25, 0.3) is 16.0 Å². The number of hydrogen-bond acceptors (Lipinski definition) is 8. The second-order valence-electron chi connectivity index (χ2n) is 10.2. The fraction of sp³-hybridized carbons (Fsp3) is 0.281. The SMILES string of the molecule is CCOc1cc(C2/C(=C(\O)c3ccc(Cl)cc3)C(=O)C(=O)N2c2nc3ccc(OC)cc3s2)ccc1OCCC(C)C. The number of carbonyl (C=O) groups excluding carboxylic acids is 2. The maximum atomic E-state index is 13.7. The molecule has 10 heteroatoms. The number of aromatic nitrogens is 1. The van der Waals surface area contributed by atoms with E-state index in [4.69, 9.17) is 25.8 Å². The van der Waals surface area contributed by atoms with Crippen LogP contribution in [0.3, 0.4) is 0 Å². The summed E-state index contributed by atoms with van der Waals surface area (Å²) in [7, 11) is 1.57. The van der Waals surface area contributed by atoms with Gasteiger partial charge in [-0.15, -0.1) is 0 Å². The molecule has 42 heavy (non-hydrogen) atoms. The molecule has 1 aliphatic heterocycles. The van der Waals surface area contributed by atoms with Crippen molar-refractivity contribution >= 4 is 55.7 Å². The number of hydrogen-bond donors (Lipinski definition) is 1. The molecule has 2 heterocycles. The zero-order chi connectivity index (χ0) is 30.0. The highest BCUT2D eigenvalue weighted by Crippen LogP contribution is 2.46. The van der Waals surface area contributed by atoms with E-state index in [1.54, 1.807) is 61.7 Å². The van der Waals surface area contributed by atoms with Gasteiger partial charge in [-0.3, -0.25) is 14.5 Å². The summed E-state index contributed by atoms with van der Waals surface area (Å²) in [6, 6.07) is 16.1. The van der Waals surface area contributed by atoms with E-state index in [9.17, 15) is 14.7 Å². The zero-order valence-corrected chi connectivity index (χ0v) is 25.3. The number of Topliss-reactive ketones (excluding diaryl/α,β-unsaturated/α-hetero) is 1. The normalized spacial score (nSPS) is 16.4. The number of rotatable bonds is 10. The number of fused-ring (bicyclic) bond motifs is 1. The predicted molar refractivity (Wildman–Crippen MR) is 165 cm³/mol. The van der Waals surface area contributed by atoms with Crippen molar-refractivity contribution < 1.29 is 28.9 Å². The first kappa shape index (κ1) is 29.4. The Bertz CT molecular complexity index is 1660. The summed E-state index contributed by atoms with van der Waals surface area (Å²) in [6.07, 6.45) is 0.872. The molecule has 218 valence electrons. The topological polar surface area (TPSA) is 98.2 Å². The molecule has 4 aromatic rings. The molecule has 1 aromatic heterocycles. The van der Waals surface area contributed by atoms with Gasteiger partial charge in [0.2, 0.25) is 0 Å². The molecule has 5 rings (SSSR count). The number of carbonyl (C=O) groups is 2. The average molecular weight is 607 g/mol. The van der Waals surface area contributed by atoms with Gasteiger partial charge in [0.15, 0.2) is 16.6 Å². The lowest BCUT2D eigenvalue weighted by Gasteiger charge is -2.24. The Morgan fingerprint density at radius 2 is 1.81 bits per heavy atom. The smallest absolute Gasteiger partial charge is 0.301 e. The van der Waals surface area contributed by atoms with Crippen molar-refractivity contribution in [2.75, 3.05) is 25.2 Å². The standard InChI is InChI=1S/C32H31ClN2O6S/c1-5-40-25-16-20(8-13-24(25)41-15-14-18(2)3)28-27(29(36)19-6-9-21(33)10-7-19)30(37)31(38)35(28)32-34-23-12-11-22(39-4)17-26(23)42-32/h6-13,16-18,28,36H,5,14-15H2,1-4H3/b29-27+. The van der Waals surface area contributed by atoms with Crippen LogP contribution >= 0.6 is 22.9 Å². The molecule has 0 aliphatic carbocycles. The Kier molecular flexibility index (Phi) is 8.70. The molecule has 0 radical (unpaired) electrons. The zero-order valence-electron chi connectivity index (χ0n) is 23.7. The van der Waals surface area contributed by atoms with E-state index in [0.29, 0.717) is 63.2 Å². The molecular weight excluding hydrogens is 576 g/mol. The summed E-state index contributed by atoms with van der Waals surface area (Å²) in [6.45, 7) is 7.01. The van der Waals surface area contributed by atoms with Crippen molar-refractivity contribution in [3.8, 4) is 17.2 Å². The van der Waals surface area contributed by atoms with Gasteiger partial charge in [-0.25, -0.2) is 4.98 Å². The van der Waals surface area contributed by atoms with Gasteiger partial charge in [0.05, 0.1) is 42.2 Å². The fourth-order valence-corrected chi connectivity index (χ4v) is 5.86. The van der Waals surface area contributed by atoms with Gasteiger partial charge in [0, 0.05) is 10.6 Å². The summed E-state index contributed by atoms with van der Waals surface area (Å²) in [4.78, 5) is 33.3. The molecule has 1 fully saturated rings. The third-order valence-electron chi connectivity index (χ3n) is 6.89. The van der Waals surface area contributed by atoms with Crippen molar-refractivity contribution in [1.29, 1.82) is 0 Å². The summed E-state index contributed by atoms with van der Waals surface area (Å²) < 4.78 is 18.1. The van der Waals surface area contributed by atoms with Crippen molar-refractivity contribution in [2.45, 2.75) is 33.2 Å². The molecule has 0 saturated carbocycles. The second-order valence-corrected chi connectivity index (χ2v) is 11.6. The van der Waals surface area contributed by atoms with E-state index in [2.05, 4.69) is 18.8 Å². The van der Waals surface area contributed by atoms with Gasteiger partial charge in [0.25, 0.3) is 5.78 Å². The van der Waals surface area contributed by atoms with Gasteiger partial charge < -0.3 is 19.3 Å². The lowest BCUT2D eigenvalue weighted by molar-refractivity contribution is -0.132. The number of nitrogens with zero attached hydrogens (tertiary/aromatic N) is 2. The number of halogens is 1. The number of ether oxygens (including phenoxy) is 3. The van der Waals surface area contributed by atoms with E-state index < -0.39 is 17.7 Å². The van der Waals surface area contributed by atoms with E-state index in [-0.39, 0.29) is 11.3 Å². The Balaban J connectivity index is 1.67. The molecule has 1 unspecified atom stereocenters. The number of methoxy groups -OCH3 is 1. The van der Waals surface area contributed by atoms with Crippen LogP contribution in [0, 0.1) is 5.92 Å². The van der Waals surface area contributed by atoms with Crippen LogP contribution in [0.2, 0.25) is 5.02 Å². The first-order valence-corrected chi connectivity index (χ1v) is 14.8. The summed E-state index contributed by atoms with van der Waals surface area (Å²) in [5.74, 6) is 0.231. The summed E-state index contributed by atoms with van der Waals surface area (Å²) >= 11 is 7.32. The van der Waals surface area contributed by atoms with Crippen molar-refractivity contribution in [1.82, 2.24) is 4.98 Å². The summed E-state index contributed by atoms with van der Waals surface area (Å²) in [5, 5.41) is 12.2. The average Bonchev–Trinajstić information content (AvgIpc) is 3.51. The quantitative estimate of drug-likeness (QED) is 0.114. The predicted octanol–water partition coefficient (Wildman–Crippen LogP) is 7.41. The van der Waals surface area contributed by atoms with Crippen LogP contribution in [-0.2, 0) is 9.59 Å². The monoisotopic (exact) mass is 606 g/mol. The molecule has 0 bridgehead atoms. The third-order valence-corrected chi connectivity index (χ3v) is 8.16.